The quantitative estimate of drug-likeness (QED) is 0.689. The van der Waals surface area contributed by atoms with Crippen LogP contribution < -0.4 is 0 Å². The van der Waals surface area contributed by atoms with E-state index in [1.54, 1.807) is 13.8 Å². The van der Waals surface area contributed by atoms with Crippen LogP contribution in [0.2, 0.25) is 0 Å². The van der Waals surface area contributed by atoms with Gasteiger partial charge in [0.1, 0.15) is 5.78 Å². The zero-order valence-corrected chi connectivity index (χ0v) is 16.4. The van der Waals surface area contributed by atoms with Crippen LogP contribution in [0, 0.1) is 23.7 Å². The van der Waals surface area contributed by atoms with Crippen LogP contribution in [0.5, 0.6) is 0 Å². The Kier molecular flexibility index (Phi) is 7.39. The van der Waals surface area contributed by atoms with E-state index in [-0.39, 0.29) is 24.7 Å². The molecule has 0 aromatic carbocycles. The molecular formula is C20H36F2N2O. The second-order valence-corrected chi connectivity index (χ2v) is 8.77. The fourth-order valence-corrected chi connectivity index (χ4v) is 4.10. The van der Waals surface area contributed by atoms with Crippen LogP contribution in [0.1, 0.15) is 53.4 Å². The number of piperidine rings is 2. The van der Waals surface area contributed by atoms with E-state index in [1.807, 2.05) is 4.90 Å². The van der Waals surface area contributed by atoms with Gasteiger partial charge in [-0.25, -0.2) is 8.78 Å². The first-order valence-corrected chi connectivity index (χ1v) is 10.0. The minimum Gasteiger partial charge on any atom is -0.302 e. The van der Waals surface area contributed by atoms with Crippen molar-refractivity contribution in [1.29, 1.82) is 0 Å². The normalized spacial score (nSPS) is 26.5. The average Bonchev–Trinajstić information content (AvgIpc) is 2.55. The first-order valence-electron chi connectivity index (χ1n) is 10.0. The zero-order chi connectivity index (χ0) is 18.6. The van der Waals surface area contributed by atoms with Gasteiger partial charge in [-0.05, 0) is 50.7 Å². The summed E-state index contributed by atoms with van der Waals surface area (Å²) in [5, 5.41) is 0. The van der Waals surface area contributed by atoms with Crippen LogP contribution >= 0.6 is 0 Å². The Hall–Kier alpha value is -0.550. The lowest BCUT2D eigenvalue weighted by molar-refractivity contribution is -0.137. The Labute approximate surface area is 152 Å². The molecule has 0 bridgehead atoms. The molecule has 0 aromatic rings. The molecule has 0 N–H and O–H groups in total. The first-order chi connectivity index (χ1) is 11.7. The molecule has 2 aliphatic rings. The third-order valence-corrected chi connectivity index (χ3v) is 6.22. The number of hydrogen-bond donors (Lipinski definition) is 0. The number of rotatable bonds is 7. The SMILES string of the molecule is CC(C)C(=O)CC1CCN(CCN2CCC(C(C)C)CC2)CC1(F)F. The maximum absolute atomic E-state index is 14.4. The molecule has 2 saturated heterocycles. The number of hydrogen-bond acceptors (Lipinski definition) is 3. The Morgan fingerprint density at radius 1 is 1.00 bits per heavy atom. The lowest BCUT2D eigenvalue weighted by Gasteiger charge is -2.40. The number of Topliss-reactive ketones (excluding diaryl/α,β-unsaturated/α-hetero) is 1. The predicted octanol–water partition coefficient (Wildman–Crippen LogP) is 3.93. The first kappa shape index (κ1) is 20.8. The minimum atomic E-state index is -2.74. The Bertz CT molecular complexity index is 431. The molecule has 1 atom stereocenters. The van der Waals surface area contributed by atoms with E-state index in [9.17, 15) is 13.6 Å². The predicted molar refractivity (Wildman–Crippen MR) is 98.0 cm³/mol. The largest absolute Gasteiger partial charge is 0.302 e. The molecule has 2 aliphatic heterocycles. The second-order valence-electron chi connectivity index (χ2n) is 8.77. The van der Waals surface area contributed by atoms with Crippen molar-refractivity contribution in [3.8, 4) is 0 Å². The number of halogens is 2. The van der Waals surface area contributed by atoms with Gasteiger partial charge in [-0.3, -0.25) is 9.69 Å². The van der Waals surface area contributed by atoms with Gasteiger partial charge in [0.05, 0.1) is 6.54 Å². The molecule has 0 spiro atoms. The van der Waals surface area contributed by atoms with Crippen LogP contribution in [-0.4, -0.2) is 60.8 Å². The fourth-order valence-electron chi connectivity index (χ4n) is 4.10. The second kappa shape index (κ2) is 8.90. The summed E-state index contributed by atoms with van der Waals surface area (Å²) in [5.74, 6) is -2.15. The molecule has 0 aliphatic carbocycles. The van der Waals surface area contributed by atoms with E-state index in [2.05, 4.69) is 18.7 Å². The summed E-state index contributed by atoms with van der Waals surface area (Å²) in [7, 11) is 0. The van der Waals surface area contributed by atoms with Gasteiger partial charge in [-0.1, -0.05) is 27.7 Å². The van der Waals surface area contributed by atoms with Crippen molar-refractivity contribution in [2.24, 2.45) is 23.7 Å². The van der Waals surface area contributed by atoms with Gasteiger partial charge in [0.2, 0.25) is 0 Å². The monoisotopic (exact) mass is 358 g/mol. The summed E-state index contributed by atoms with van der Waals surface area (Å²) in [6.07, 6.45) is 2.92. The highest BCUT2D eigenvalue weighted by molar-refractivity contribution is 5.80. The standard InChI is InChI=1S/C20H36F2N2O/c1-15(2)17-5-8-23(9-6-17)11-12-24-10-7-18(20(21,22)14-24)13-19(25)16(3)4/h15-18H,5-14H2,1-4H3. The average molecular weight is 359 g/mol. The number of likely N-dealkylation sites (tertiary alicyclic amines) is 2. The number of alkyl halides is 2. The maximum atomic E-state index is 14.4. The van der Waals surface area contributed by atoms with E-state index >= 15 is 0 Å². The smallest absolute Gasteiger partial charge is 0.263 e. The number of ketones is 1. The molecule has 2 fully saturated rings. The summed E-state index contributed by atoms with van der Waals surface area (Å²) in [4.78, 5) is 16.1. The lowest BCUT2D eigenvalue weighted by atomic mass is 9.86. The highest BCUT2D eigenvalue weighted by Gasteiger charge is 2.45. The van der Waals surface area contributed by atoms with Crippen molar-refractivity contribution < 1.29 is 13.6 Å². The Morgan fingerprint density at radius 3 is 2.08 bits per heavy atom. The molecule has 0 saturated carbocycles. The van der Waals surface area contributed by atoms with Gasteiger partial charge in [0, 0.05) is 31.3 Å². The molecule has 0 amide bonds. The van der Waals surface area contributed by atoms with E-state index in [4.69, 9.17) is 0 Å². The fraction of sp³-hybridized carbons (Fsp3) is 0.950. The summed E-state index contributed by atoms with van der Waals surface area (Å²) in [5.41, 5.74) is 0. The lowest BCUT2D eigenvalue weighted by Crippen LogP contribution is -2.51. The van der Waals surface area contributed by atoms with Gasteiger partial charge in [-0.2, -0.15) is 0 Å². The molecule has 3 nitrogen and oxygen atoms in total. The Balaban J connectivity index is 1.74. The summed E-state index contributed by atoms with van der Waals surface area (Å²) in [6.45, 7) is 12.4. The van der Waals surface area contributed by atoms with Crippen molar-refractivity contribution >= 4 is 5.78 Å². The van der Waals surface area contributed by atoms with Crippen molar-refractivity contribution in [3.05, 3.63) is 0 Å². The van der Waals surface area contributed by atoms with Gasteiger partial charge >= 0.3 is 0 Å². The summed E-state index contributed by atoms with van der Waals surface area (Å²) < 4.78 is 28.9. The van der Waals surface area contributed by atoms with Crippen molar-refractivity contribution in [2.45, 2.75) is 59.3 Å². The van der Waals surface area contributed by atoms with Crippen LogP contribution in [0.4, 0.5) is 8.78 Å². The van der Waals surface area contributed by atoms with Crippen LogP contribution in [0.3, 0.4) is 0 Å². The summed E-state index contributed by atoms with van der Waals surface area (Å²) in [6, 6.07) is 0. The third kappa shape index (κ3) is 5.99. The van der Waals surface area contributed by atoms with Crippen molar-refractivity contribution in [2.75, 3.05) is 39.3 Å². The van der Waals surface area contributed by atoms with Crippen LogP contribution in [-0.2, 0) is 4.79 Å². The number of carbonyl (C=O) groups is 1. The van der Waals surface area contributed by atoms with Crippen LogP contribution in [0.25, 0.3) is 0 Å². The van der Waals surface area contributed by atoms with E-state index in [0.29, 0.717) is 19.5 Å². The Morgan fingerprint density at radius 2 is 1.56 bits per heavy atom. The van der Waals surface area contributed by atoms with E-state index in [1.165, 1.54) is 12.8 Å². The van der Waals surface area contributed by atoms with E-state index < -0.39 is 11.8 Å². The molecule has 2 rings (SSSR count). The molecule has 2 heterocycles. The van der Waals surface area contributed by atoms with Gasteiger partial charge in [-0.15, -0.1) is 0 Å². The van der Waals surface area contributed by atoms with Crippen molar-refractivity contribution in [3.63, 3.8) is 0 Å². The van der Waals surface area contributed by atoms with Crippen molar-refractivity contribution in [1.82, 2.24) is 9.80 Å². The molecule has 0 aromatic heterocycles. The number of carbonyl (C=O) groups excluding carboxylic acids is 1. The third-order valence-electron chi connectivity index (χ3n) is 6.22. The molecule has 1 unspecified atom stereocenters. The highest BCUT2D eigenvalue weighted by Crippen LogP contribution is 2.36. The highest BCUT2D eigenvalue weighted by atomic mass is 19.3. The van der Waals surface area contributed by atoms with E-state index in [0.717, 1.165) is 31.5 Å². The molecular weight excluding hydrogens is 322 g/mol. The zero-order valence-electron chi connectivity index (χ0n) is 16.4. The molecule has 0 radical (unpaired) electrons. The maximum Gasteiger partial charge on any atom is 0.263 e. The molecule has 25 heavy (non-hydrogen) atoms. The summed E-state index contributed by atoms with van der Waals surface area (Å²) >= 11 is 0. The van der Waals surface area contributed by atoms with Gasteiger partial charge in [0.15, 0.2) is 0 Å². The number of nitrogens with zero attached hydrogens (tertiary/aromatic N) is 2. The minimum absolute atomic E-state index is 0.0290. The van der Waals surface area contributed by atoms with Crippen LogP contribution in [0.15, 0.2) is 0 Å². The topological polar surface area (TPSA) is 23.6 Å². The molecule has 146 valence electrons. The van der Waals surface area contributed by atoms with Gasteiger partial charge in [0.25, 0.3) is 5.92 Å². The molecule has 5 heteroatoms. The van der Waals surface area contributed by atoms with Gasteiger partial charge < -0.3 is 4.90 Å².